The van der Waals surface area contributed by atoms with Gasteiger partial charge in [-0.25, -0.2) is 17.4 Å². The molecule has 2 N–H and O–H groups in total. The van der Waals surface area contributed by atoms with Crippen molar-refractivity contribution in [3.8, 4) is 0 Å². The van der Waals surface area contributed by atoms with Gasteiger partial charge in [0.05, 0.1) is 28.5 Å². The molecule has 0 heterocycles. The van der Waals surface area contributed by atoms with Crippen molar-refractivity contribution in [2.45, 2.75) is 4.90 Å². The lowest BCUT2D eigenvalue weighted by atomic mass is 10.2. The molecular weight excluding hydrogens is 438 g/mol. The molecule has 30 heavy (non-hydrogen) atoms. The Hall–Kier alpha value is -2.87. The molecule has 13 heteroatoms. The first-order valence-electron chi connectivity index (χ1n) is 8.30. The first kappa shape index (κ1) is 23.4. The molecule has 0 radical (unpaired) electrons. The number of carboxylic acid groups (broad SMARTS) is 1. The second-order valence-electron chi connectivity index (χ2n) is 6.16. The van der Waals surface area contributed by atoms with Gasteiger partial charge in [-0.1, -0.05) is 0 Å². The summed E-state index contributed by atoms with van der Waals surface area (Å²) in [7, 11) is -5.10. The number of sulfone groups is 1. The lowest BCUT2D eigenvalue weighted by Crippen LogP contribution is -2.15. The summed E-state index contributed by atoms with van der Waals surface area (Å²) >= 11 is 0. The number of carbonyl (C=O) groups is 1. The zero-order valence-electron chi connectivity index (χ0n) is 16.0. The van der Waals surface area contributed by atoms with Crippen LogP contribution in [0.5, 0.6) is 0 Å². The number of benzene rings is 2. The molecule has 162 valence electrons. The van der Waals surface area contributed by atoms with Gasteiger partial charge in [0.25, 0.3) is 0 Å². The highest BCUT2D eigenvalue weighted by Gasteiger charge is 2.20. The minimum Gasteiger partial charge on any atom is -0.478 e. The number of azo groups is 1. The van der Waals surface area contributed by atoms with E-state index in [-0.39, 0.29) is 16.1 Å². The van der Waals surface area contributed by atoms with Gasteiger partial charge in [-0.05, 0) is 42.5 Å². The average Bonchev–Trinajstić information content (AvgIpc) is 2.65. The van der Waals surface area contributed by atoms with Crippen LogP contribution in [0.1, 0.15) is 10.4 Å². The van der Waals surface area contributed by atoms with Crippen molar-refractivity contribution in [3.05, 3.63) is 48.0 Å². The fourth-order valence-corrected chi connectivity index (χ4v) is 3.77. The molecule has 0 aromatic heterocycles. The van der Waals surface area contributed by atoms with Gasteiger partial charge < -0.3 is 10.0 Å². The molecule has 0 atom stereocenters. The fraction of sp³-hybridized carbons (Fsp3) is 0.235. The van der Waals surface area contributed by atoms with E-state index < -0.39 is 38.6 Å². The molecule has 2 rings (SSSR count). The molecule has 0 saturated carbocycles. The molecule has 11 nitrogen and oxygen atoms in total. The average molecular weight is 457 g/mol. The van der Waals surface area contributed by atoms with Crippen LogP contribution in [-0.4, -0.2) is 58.9 Å². The van der Waals surface area contributed by atoms with Gasteiger partial charge >= 0.3 is 16.4 Å². The van der Waals surface area contributed by atoms with Crippen LogP contribution >= 0.6 is 0 Å². The summed E-state index contributed by atoms with van der Waals surface area (Å²) in [5.41, 5.74) is 0.875. The summed E-state index contributed by atoms with van der Waals surface area (Å²) in [6, 6.07) is 10.0. The van der Waals surface area contributed by atoms with E-state index in [1.807, 2.05) is 19.0 Å². The summed E-state index contributed by atoms with van der Waals surface area (Å²) in [6.45, 7) is -0.809. The van der Waals surface area contributed by atoms with E-state index in [2.05, 4.69) is 14.4 Å². The Labute approximate surface area is 173 Å². The molecule has 2 aromatic rings. The summed E-state index contributed by atoms with van der Waals surface area (Å²) in [6.07, 6.45) is 0. The molecule has 0 aliphatic rings. The van der Waals surface area contributed by atoms with Gasteiger partial charge in [-0.2, -0.15) is 13.5 Å². The van der Waals surface area contributed by atoms with Crippen molar-refractivity contribution >= 4 is 43.3 Å². The molecule has 0 unspecified atom stereocenters. The number of nitrogens with zero attached hydrogens (tertiary/aromatic N) is 3. The minimum atomic E-state index is -4.78. The maximum absolute atomic E-state index is 12.3. The third-order valence-corrected chi connectivity index (χ3v) is 5.92. The minimum absolute atomic E-state index is 0.198. The monoisotopic (exact) mass is 457 g/mol. The van der Waals surface area contributed by atoms with Crippen LogP contribution in [0.4, 0.5) is 17.1 Å². The molecule has 2 aromatic carbocycles. The van der Waals surface area contributed by atoms with Gasteiger partial charge in [-0.15, -0.1) is 5.11 Å². The summed E-state index contributed by atoms with van der Waals surface area (Å²) in [5.74, 6) is -2.09. The van der Waals surface area contributed by atoms with E-state index in [1.165, 1.54) is 0 Å². The second kappa shape index (κ2) is 9.30. The normalized spacial score (nSPS) is 12.2. The van der Waals surface area contributed by atoms with Crippen LogP contribution in [0.3, 0.4) is 0 Å². The lowest BCUT2D eigenvalue weighted by Gasteiger charge is -2.11. The van der Waals surface area contributed by atoms with Gasteiger partial charge in [0.15, 0.2) is 9.84 Å². The Morgan fingerprint density at radius 3 is 2.20 bits per heavy atom. The van der Waals surface area contributed by atoms with Crippen LogP contribution in [0.2, 0.25) is 0 Å². The lowest BCUT2D eigenvalue weighted by molar-refractivity contribution is 0.0697. The van der Waals surface area contributed by atoms with Crippen LogP contribution in [-0.2, 0) is 24.4 Å². The number of rotatable bonds is 9. The highest BCUT2D eigenvalue weighted by molar-refractivity contribution is 7.91. The Bertz CT molecular complexity index is 1160. The summed E-state index contributed by atoms with van der Waals surface area (Å²) < 4.78 is 58.3. The predicted octanol–water partition coefficient (Wildman–Crippen LogP) is 2.46. The van der Waals surface area contributed by atoms with Crippen LogP contribution in [0, 0.1) is 0 Å². The Kier molecular flexibility index (Phi) is 7.25. The number of carboxylic acids is 1. The van der Waals surface area contributed by atoms with Crippen molar-refractivity contribution in [1.82, 2.24) is 0 Å². The van der Waals surface area contributed by atoms with Crippen molar-refractivity contribution < 1.29 is 35.5 Å². The fourth-order valence-electron chi connectivity index (χ4n) is 2.26. The largest absolute Gasteiger partial charge is 0.478 e. The predicted molar refractivity (Wildman–Crippen MR) is 108 cm³/mol. The van der Waals surface area contributed by atoms with E-state index in [0.29, 0.717) is 5.69 Å². The molecule has 0 aliphatic heterocycles. The van der Waals surface area contributed by atoms with Crippen LogP contribution < -0.4 is 4.90 Å². The van der Waals surface area contributed by atoms with Crippen molar-refractivity contribution in [1.29, 1.82) is 0 Å². The van der Waals surface area contributed by atoms with Crippen molar-refractivity contribution in [3.63, 3.8) is 0 Å². The molecular formula is C17H19N3O8S2. The first-order valence-corrected chi connectivity index (χ1v) is 11.3. The standard InChI is InChI=1S/C17H19N3O8S2/c1-20(2)13-5-3-12(4-6-13)18-19-16-11-14(7-8-15(16)17(21)22)29(23,24)10-9-28-30(25,26)27/h3-8,11H,9-10H2,1-2H3,(H,21,22)(H,25,26,27). The zero-order valence-corrected chi connectivity index (χ0v) is 17.6. The molecule has 0 saturated heterocycles. The van der Waals surface area contributed by atoms with Gasteiger partial charge in [0.2, 0.25) is 0 Å². The van der Waals surface area contributed by atoms with Crippen LogP contribution in [0.25, 0.3) is 0 Å². The third-order valence-electron chi connectivity index (χ3n) is 3.78. The smallest absolute Gasteiger partial charge is 0.397 e. The maximum Gasteiger partial charge on any atom is 0.397 e. The Morgan fingerprint density at radius 2 is 1.67 bits per heavy atom. The summed E-state index contributed by atoms with van der Waals surface area (Å²) in [4.78, 5) is 13.0. The van der Waals surface area contributed by atoms with Gasteiger partial charge in [-0.3, -0.25) is 4.55 Å². The molecule has 0 fully saturated rings. The maximum atomic E-state index is 12.3. The SMILES string of the molecule is CN(C)c1ccc(N=Nc2cc(S(=O)(=O)CCOS(=O)(=O)O)ccc2C(=O)O)cc1. The molecule has 0 aliphatic carbocycles. The quantitative estimate of drug-likeness (QED) is 0.425. The topological polar surface area (TPSA) is 163 Å². The van der Waals surface area contributed by atoms with Gasteiger partial charge in [0, 0.05) is 19.8 Å². The number of anilines is 1. The van der Waals surface area contributed by atoms with E-state index in [9.17, 15) is 26.7 Å². The number of aromatic carboxylic acids is 1. The highest BCUT2D eigenvalue weighted by Crippen LogP contribution is 2.27. The van der Waals surface area contributed by atoms with E-state index in [0.717, 1.165) is 23.9 Å². The Morgan fingerprint density at radius 1 is 1.03 bits per heavy atom. The molecule has 0 spiro atoms. The zero-order chi connectivity index (χ0) is 22.5. The van der Waals surface area contributed by atoms with E-state index in [1.54, 1.807) is 24.3 Å². The second-order valence-corrected chi connectivity index (χ2v) is 9.36. The number of hydrogen-bond donors (Lipinski definition) is 2. The van der Waals surface area contributed by atoms with Crippen molar-refractivity contribution in [2.24, 2.45) is 10.2 Å². The van der Waals surface area contributed by atoms with Crippen LogP contribution in [0.15, 0.2) is 57.6 Å². The molecule has 0 bridgehead atoms. The van der Waals surface area contributed by atoms with E-state index in [4.69, 9.17) is 4.55 Å². The third kappa shape index (κ3) is 6.59. The number of hydrogen-bond acceptors (Lipinski definition) is 9. The van der Waals surface area contributed by atoms with Gasteiger partial charge in [0.1, 0.15) is 5.69 Å². The first-order chi connectivity index (χ1) is 13.9. The van der Waals surface area contributed by atoms with E-state index >= 15 is 0 Å². The molecule has 0 amide bonds. The Balaban J connectivity index is 2.32. The summed E-state index contributed by atoms with van der Waals surface area (Å²) in [5, 5.41) is 17.1. The highest BCUT2D eigenvalue weighted by atomic mass is 32.3. The van der Waals surface area contributed by atoms with Crippen molar-refractivity contribution in [2.75, 3.05) is 31.4 Å².